The molecule has 0 fully saturated rings. The summed E-state index contributed by atoms with van der Waals surface area (Å²) in [6.07, 6.45) is 1.61. The van der Waals surface area contributed by atoms with E-state index >= 15 is 0 Å². The second-order valence-electron chi connectivity index (χ2n) is 1.49. The Morgan fingerprint density at radius 3 is 2.64 bits per heavy atom. The van der Waals surface area contributed by atoms with E-state index in [-0.39, 0.29) is 0 Å². The molecule has 3 nitrogen and oxygen atoms in total. The minimum absolute atomic E-state index is 0.583. The maximum atomic E-state index is 5.03. The summed E-state index contributed by atoms with van der Waals surface area (Å²) in [7, 11) is 0. The molecule has 3 heteroatoms. The lowest BCUT2D eigenvalue weighted by Gasteiger charge is -1.96. The van der Waals surface area contributed by atoms with Crippen molar-refractivity contribution in [3.8, 4) is 5.88 Å². The predicted molar refractivity (Wildman–Crippen MR) is 44.5 cm³/mol. The Bertz CT molecular complexity index is 165. The molecule has 1 aromatic rings. The van der Waals surface area contributed by atoms with E-state index in [4.69, 9.17) is 4.74 Å². The number of hydrogen-bond donors (Lipinski definition) is 0. The lowest BCUT2D eigenvalue weighted by atomic mass is 10.6. The minimum atomic E-state index is 0.583. The van der Waals surface area contributed by atoms with Crippen LogP contribution in [0.2, 0.25) is 0 Å². The molecule has 0 atom stereocenters. The molecule has 0 bridgehead atoms. The summed E-state index contributed by atoms with van der Waals surface area (Å²) in [5.41, 5.74) is 0. The molecule has 0 aliphatic heterocycles. The van der Waals surface area contributed by atoms with Crippen LogP contribution in [0.3, 0.4) is 0 Å². The highest BCUT2D eigenvalue weighted by atomic mass is 16.5. The van der Waals surface area contributed by atoms with Crippen LogP contribution in [0.5, 0.6) is 5.88 Å². The third-order valence-electron chi connectivity index (χ3n) is 0.840. The van der Waals surface area contributed by atoms with Crippen molar-refractivity contribution >= 4 is 0 Å². The first-order valence-electron chi connectivity index (χ1n) is 3.84. The SMILES string of the molecule is CC.CCOc1cccnn1. The first kappa shape index (κ1) is 9.88. The fourth-order valence-electron chi connectivity index (χ4n) is 0.512. The van der Waals surface area contributed by atoms with Crippen LogP contribution in [0.25, 0.3) is 0 Å². The third-order valence-corrected chi connectivity index (χ3v) is 0.840. The first-order chi connectivity index (χ1) is 5.43. The highest BCUT2D eigenvalue weighted by Crippen LogP contribution is 1.99. The molecular weight excluding hydrogens is 140 g/mol. The predicted octanol–water partition coefficient (Wildman–Crippen LogP) is 1.90. The number of rotatable bonds is 2. The molecule has 0 radical (unpaired) electrons. The summed E-state index contributed by atoms with van der Waals surface area (Å²) in [5, 5.41) is 7.32. The molecular formula is C8H14N2O. The Hall–Kier alpha value is -1.12. The number of aromatic nitrogens is 2. The van der Waals surface area contributed by atoms with Gasteiger partial charge in [-0.15, -0.1) is 5.10 Å². The number of hydrogen-bond acceptors (Lipinski definition) is 3. The van der Waals surface area contributed by atoms with Crippen LogP contribution in [-0.2, 0) is 0 Å². The zero-order valence-electron chi connectivity index (χ0n) is 7.24. The van der Waals surface area contributed by atoms with E-state index in [0.717, 1.165) is 0 Å². The molecule has 0 saturated heterocycles. The topological polar surface area (TPSA) is 35.0 Å². The van der Waals surface area contributed by atoms with Crippen molar-refractivity contribution in [3.05, 3.63) is 18.3 Å². The third kappa shape index (κ3) is 4.31. The zero-order chi connectivity index (χ0) is 8.53. The van der Waals surface area contributed by atoms with Crippen LogP contribution >= 0.6 is 0 Å². The van der Waals surface area contributed by atoms with Crippen molar-refractivity contribution < 1.29 is 4.74 Å². The normalized spacial score (nSPS) is 7.91. The van der Waals surface area contributed by atoms with Crippen LogP contribution in [-0.4, -0.2) is 16.8 Å². The van der Waals surface area contributed by atoms with Gasteiger partial charge in [-0.25, -0.2) is 0 Å². The highest BCUT2D eigenvalue weighted by Gasteiger charge is 1.87. The van der Waals surface area contributed by atoms with Crippen LogP contribution < -0.4 is 4.74 Å². The van der Waals surface area contributed by atoms with Crippen molar-refractivity contribution in [3.63, 3.8) is 0 Å². The van der Waals surface area contributed by atoms with Gasteiger partial charge >= 0.3 is 0 Å². The average Bonchev–Trinajstić information content (AvgIpc) is 2.11. The number of nitrogens with zero attached hydrogens (tertiary/aromatic N) is 2. The van der Waals surface area contributed by atoms with Crippen LogP contribution in [0, 0.1) is 0 Å². The van der Waals surface area contributed by atoms with Crippen molar-refractivity contribution in [1.29, 1.82) is 0 Å². The molecule has 62 valence electrons. The molecule has 0 amide bonds. The van der Waals surface area contributed by atoms with Crippen molar-refractivity contribution in [2.24, 2.45) is 0 Å². The van der Waals surface area contributed by atoms with Gasteiger partial charge in [0.2, 0.25) is 5.88 Å². The summed E-state index contributed by atoms with van der Waals surface area (Å²) in [4.78, 5) is 0. The fraction of sp³-hybridized carbons (Fsp3) is 0.500. The van der Waals surface area contributed by atoms with E-state index in [9.17, 15) is 0 Å². The summed E-state index contributed by atoms with van der Waals surface area (Å²) in [6.45, 7) is 6.55. The standard InChI is InChI=1S/C6H8N2O.C2H6/c1-2-9-6-4-3-5-7-8-6;1-2/h3-5H,2H2,1H3;1-2H3. The maximum absolute atomic E-state index is 5.03. The minimum Gasteiger partial charge on any atom is -0.477 e. The number of ether oxygens (including phenoxy) is 1. The van der Waals surface area contributed by atoms with Crippen molar-refractivity contribution in [2.75, 3.05) is 6.61 Å². The van der Waals surface area contributed by atoms with Gasteiger partial charge in [-0.3, -0.25) is 0 Å². The van der Waals surface area contributed by atoms with Gasteiger partial charge in [-0.05, 0) is 13.0 Å². The molecule has 0 N–H and O–H groups in total. The van der Waals surface area contributed by atoms with Gasteiger partial charge in [0.1, 0.15) is 0 Å². The van der Waals surface area contributed by atoms with Gasteiger partial charge in [0.05, 0.1) is 6.61 Å². The molecule has 0 saturated carbocycles. The fourth-order valence-corrected chi connectivity index (χ4v) is 0.512. The Labute approximate surface area is 67.4 Å². The molecule has 0 aliphatic carbocycles. The average molecular weight is 154 g/mol. The Morgan fingerprint density at radius 2 is 2.18 bits per heavy atom. The van der Waals surface area contributed by atoms with Gasteiger partial charge in [0.15, 0.2) is 0 Å². The van der Waals surface area contributed by atoms with E-state index in [2.05, 4.69) is 10.2 Å². The lowest BCUT2D eigenvalue weighted by Crippen LogP contribution is -1.94. The Balaban J connectivity index is 0.000000461. The smallest absolute Gasteiger partial charge is 0.233 e. The monoisotopic (exact) mass is 154 g/mol. The van der Waals surface area contributed by atoms with E-state index in [0.29, 0.717) is 12.5 Å². The quantitative estimate of drug-likeness (QED) is 0.652. The van der Waals surface area contributed by atoms with Crippen LogP contribution in [0.1, 0.15) is 20.8 Å². The van der Waals surface area contributed by atoms with Crippen LogP contribution in [0.15, 0.2) is 18.3 Å². The molecule has 1 heterocycles. The summed E-state index contributed by atoms with van der Waals surface area (Å²) < 4.78 is 5.03. The molecule has 0 aromatic carbocycles. The zero-order valence-corrected chi connectivity index (χ0v) is 7.24. The molecule has 0 aliphatic rings. The van der Waals surface area contributed by atoms with Gasteiger partial charge in [-0.1, -0.05) is 13.8 Å². The summed E-state index contributed by atoms with van der Waals surface area (Å²) in [5.74, 6) is 0.583. The van der Waals surface area contributed by atoms with E-state index < -0.39 is 0 Å². The van der Waals surface area contributed by atoms with Gasteiger partial charge in [-0.2, -0.15) is 5.10 Å². The Kier molecular flexibility index (Phi) is 6.28. The van der Waals surface area contributed by atoms with Gasteiger partial charge < -0.3 is 4.74 Å². The van der Waals surface area contributed by atoms with Crippen molar-refractivity contribution in [2.45, 2.75) is 20.8 Å². The Morgan fingerprint density at radius 1 is 1.45 bits per heavy atom. The lowest BCUT2D eigenvalue weighted by molar-refractivity contribution is 0.322. The largest absolute Gasteiger partial charge is 0.477 e. The van der Waals surface area contributed by atoms with Gasteiger partial charge in [0, 0.05) is 12.3 Å². The van der Waals surface area contributed by atoms with Crippen molar-refractivity contribution in [1.82, 2.24) is 10.2 Å². The summed E-state index contributed by atoms with van der Waals surface area (Å²) >= 11 is 0. The maximum Gasteiger partial charge on any atom is 0.233 e. The second-order valence-corrected chi connectivity index (χ2v) is 1.49. The van der Waals surface area contributed by atoms with E-state index in [1.807, 2.05) is 20.8 Å². The second kappa shape index (κ2) is 6.99. The van der Waals surface area contributed by atoms with Crippen LogP contribution in [0.4, 0.5) is 0 Å². The molecule has 1 aromatic heterocycles. The molecule has 11 heavy (non-hydrogen) atoms. The van der Waals surface area contributed by atoms with E-state index in [1.165, 1.54) is 0 Å². The molecule has 0 unspecified atom stereocenters. The highest BCUT2D eigenvalue weighted by molar-refractivity contribution is 5.04. The molecule has 1 rings (SSSR count). The van der Waals surface area contributed by atoms with E-state index in [1.54, 1.807) is 18.3 Å². The first-order valence-corrected chi connectivity index (χ1v) is 3.84. The molecule has 0 spiro atoms. The summed E-state index contributed by atoms with van der Waals surface area (Å²) in [6, 6.07) is 3.56. The van der Waals surface area contributed by atoms with Gasteiger partial charge in [0.25, 0.3) is 0 Å².